The molecule has 0 saturated heterocycles. The highest BCUT2D eigenvalue weighted by Crippen LogP contribution is 2.13. The molecule has 1 heterocycles. The molecule has 0 fully saturated rings. The number of carbonyl (C=O) groups excluding carboxylic acids is 1. The number of hydrogen-bond donors (Lipinski definition) is 0. The van der Waals surface area contributed by atoms with Crippen LogP contribution in [0.2, 0.25) is 0 Å². The fraction of sp³-hybridized carbons (Fsp3) is 0.154. The van der Waals surface area contributed by atoms with Crippen molar-refractivity contribution in [2.75, 3.05) is 7.05 Å². The molecule has 2 aromatic rings. The van der Waals surface area contributed by atoms with Gasteiger partial charge in [0.2, 0.25) is 0 Å². The van der Waals surface area contributed by atoms with Gasteiger partial charge in [0.05, 0.1) is 12.5 Å². The number of amides is 1. The van der Waals surface area contributed by atoms with Crippen molar-refractivity contribution in [3.63, 3.8) is 0 Å². The standard InChI is InChI=1S/C13H12BrNO2/c1-15(8-10-6-7-17-9-10)13(16)11-2-4-12(14)5-3-11/h2-7,9H,8H2,1H3. The molecule has 0 saturated carbocycles. The summed E-state index contributed by atoms with van der Waals surface area (Å²) in [5.74, 6) is -0.00120. The van der Waals surface area contributed by atoms with Gasteiger partial charge in [-0.05, 0) is 30.3 Å². The van der Waals surface area contributed by atoms with Gasteiger partial charge in [-0.3, -0.25) is 4.79 Å². The number of hydrogen-bond acceptors (Lipinski definition) is 2. The zero-order valence-electron chi connectivity index (χ0n) is 9.39. The average molecular weight is 294 g/mol. The Kier molecular flexibility index (Phi) is 3.64. The summed E-state index contributed by atoms with van der Waals surface area (Å²) in [6.45, 7) is 0.547. The van der Waals surface area contributed by atoms with E-state index in [-0.39, 0.29) is 5.91 Å². The number of carbonyl (C=O) groups is 1. The maximum atomic E-state index is 12.1. The third-order valence-corrected chi connectivity index (χ3v) is 2.97. The Morgan fingerprint density at radius 3 is 2.59 bits per heavy atom. The molecule has 0 N–H and O–H groups in total. The molecule has 0 unspecified atom stereocenters. The minimum atomic E-state index is -0.00120. The third-order valence-electron chi connectivity index (χ3n) is 2.44. The zero-order valence-corrected chi connectivity index (χ0v) is 11.0. The number of rotatable bonds is 3. The van der Waals surface area contributed by atoms with Crippen LogP contribution in [0.4, 0.5) is 0 Å². The van der Waals surface area contributed by atoms with Crippen LogP contribution in [0.5, 0.6) is 0 Å². The van der Waals surface area contributed by atoms with Crippen molar-refractivity contribution >= 4 is 21.8 Å². The van der Waals surface area contributed by atoms with Gasteiger partial charge in [-0.25, -0.2) is 0 Å². The predicted molar refractivity (Wildman–Crippen MR) is 68.6 cm³/mol. The van der Waals surface area contributed by atoms with Crippen molar-refractivity contribution in [3.05, 3.63) is 58.5 Å². The highest BCUT2D eigenvalue weighted by Gasteiger charge is 2.12. The maximum absolute atomic E-state index is 12.1. The summed E-state index contributed by atoms with van der Waals surface area (Å²) in [7, 11) is 1.78. The minimum Gasteiger partial charge on any atom is -0.472 e. The lowest BCUT2D eigenvalue weighted by Crippen LogP contribution is -2.25. The molecule has 1 aromatic carbocycles. The van der Waals surface area contributed by atoms with Crippen LogP contribution < -0.4 is 0 Å². The lowest BCUT2D eigenvalue weighted by molar-refractivity contribution is 0.0785. The molecule has 0 aliphatic heterocycles. The summed E-state index contributed by atoms with van der Waals surface area (Å²) >= 11 is 3.34. The molecule has 88 valence electrons. The van der Waals surface area contributed by atoms with E-state index in [1.807, 2.05) is 18.2 Å². The Morgan fingerprint density at radius 1 is 1.29 bits per heavy atom. The molecule has 3 nitrogen and oxygen atoms in total. The molecule has 17 heavy (non-hydrogen) atoms. The Bertz CT molecular complexity index is 491. The van der Waals surface area contributed by atoms with E-state index in [2.05, 4.69) is 15.9 Å². The molecular weight excluding hydrogens is 282 g/mol. The SMILES string of the molecule is CN(Cc1ccoc1)C(=O)c1ccc(Br)cc1. The normalized spacial score (nSPS) is 10.2. The van der Waals surface area contributed by atoms with Crippen molar-refractivity contribution in [1.29, 1.82) is 0 Å². The molecule has 0 radical (unpaired) electrons. The summed E-state index contributed by atoms with van der Waals surface area (Å²) in [6, 6.07) is 9.18. The van der Waals surface area contributed by atoms with E-state index in [4.69, 9.17) is 4.42 Å². The lowest BCUT2D eigenvalue weighted by Gasteiger charge is -2.16. The smallest absolute Gasteiger partial charge is 0.253 e. The van der Waals surface area contributed by atoms with Gasteiger partial charge < -0.3 is 9.32 Å². The van der Waals surface area contributed by atoms with Gasteiger partial charge in [-0.2, -0.15) is 0 Å². The Morgan fingerprint density at radius 2 is 2.00 bits per heavy atom. The van der Waals surface area contributed by atoms with Gasteiger partial charge in [0.1, 0.15) is 0 Å². The number of benzene rings is 1. The third kappa shape index (κ3) is 2.97. The van der Waals surface area contributed by atoms with Crippen LogP contribution in [0.1, 0.15) is 15.9 Å². The van der Waals surface area contributed by atoms with Crippen molar-refractivity contribution in [2.45, 2.75) is 6.54 Å². The number of halogens is 1. The second-order valence-electron chi connectivity index (χ2n) is 3.80. The van der Waals surface area contributed by atoms with Crippen LogP contribution in [0.25, 0.3) is 0 Å². The van der Waals surface area contributed by atoms with E-state index >= 15 is 0 Å². The topological polar surface area (TPSA) is 33.5 Å². The predicted octanol–water partition coefficient (Wildman–Crippen LogP) is 3.31. The molecule has 1 aromatic heterocycles. The molecule has 0 bridgehead atoms. The fourth-order valence-corrected chi connectivity index (χ4v) is 1.81. The van der Waals surface area contributed by atoms with Crippen LogP contribution in [0, 0.1) is 0 Å². The highest BCUT2D eigenvalue weighted by atomic mass is 79.9. The molecule has 1 amide bonds. The molecular formula is C13H12BrNO2. The molecule has 0 aliphatic carbocycles. The summed E-state index contributed by atoms with van der Waals surface area (Å²) in [5, 5.41) is 0. The quantitative estimate of drug-likeness (QED) is 0.870. The molecule has 0 atom stereocenters. The largest absolute Gasteiger partial charge is 0.472 e. The van der Waals surface area contributed by atoms with Gasteiger partial charge in [-0.15, -0.1) is 0 Å². The Balaban J connectivity index is 2.07. The first-order chi connectivity index (χ1) is 8.16. The van der Waals surface area contributed by atoms with Gasteiger partial charge in [0, 0.05) is 29.2 Å². The second-order valence-corrected chi connectivity index (χ2v) is 4.72. The van der Waals surface area contributed by atoms with Crippen molar-refractivity contribution in [2.24, 2.45) is 0 Å². The monoisotopic (exact) mass is 293 g/mol. The van der Waals surface area contributed by atoms with Gasteiger partial charge in [0.25, 0.3) is 5.91 Å². The van der Waals surface area contributed by atoms with E-state index in [1.54, 1.807) is 36.6 Å². The fourth-order valence-electron chi connectivity index (χ4n) is 1.54. The van der Waals surface area contributed by atoms with E-state index < -0.39 is 0 Å². The van der Waals surface area contributed by atoms with Crippen molar-refractivity contribution in [3.8, 4) is 0 Å². The Labute approximate surface area is 108 Å². The maximum Gasteiger partial charge on any atom is 0.253 e. The first-order valence-corrected chi connectivity index (χ1v) is 5.98. The summed E-state index contributed by atoms with van der Waals surface area (Å²) in [4.78, 5) is 13.7. The van der Waals surface area contributed by atoms with Crippen LogP contribution in [-0.2, 0) is 6.54 Å². The second kappa shape index (κ2) is 5.19. The van der Waals surface area contributed by atoms with Crippen molar-refractivity contribution in [1.82, 2.24) is 4.90 Å². The summed E-state index contributed by atoms with van der Waals surface area (Å²) < 4.78 is 5.94. The number of nitrogens with zero attached hydrogens (tertiary/aromatic N) is 1. The lowest BCUT2D eigenvalue weighted by atomic mass is 10.2. The zero-order chi connectivity index (χ0) is 12.3. The molecule has 0 aliphatic rings. The summed E-state index contributed by atoms with van der Waals surface area (Å²) in [6.07, 6.45) is 3.25. The number of furan rings is 1. The first-order valence-electron chi connectivity index (χ1n) is 5.19. The molecule has 2 rings (SSSR count). The van der Waals surface area contributed by atoms with E-state index in [1.165, 1.54) is 0 Å². The highest BCUT2D eigenvalue weighted by molar-refractivity contribution is 9.10. The van der Waals surface area contributed by atoms with Crippen LogP contribution in [0.3, 0.4) is 0 Å². The van der Waals surface area contributed by atoms with Crippen LogP contribution in [0.15, 0.2) is 51.7 Å². The summed E-state index contributed by atoms with van der Waals surface area (Å²) in [5.41, 5.74) is 1.66. The molecule has 0 spiro atoms. The van der Waals surface area contributed by atoms with E-state index in [0.717, 1.165) is 10.0 Å². The van der Waals surface area contributed by atoms with Gasteiger partial charge in [-0.1, -0.05) is 15.9 Å². The Hall–Kier alpha value is -1.55. The van der Waals surface area contributed by atoms with Crippen LogP contribution in [-0.4, -0.2) is 17.9 Å². The van der Waals surface area contributed by atoms with Crippen LogP contribution >= 0.6 is 15.9 Å². The molecule has 4 heteroatoms. The minimum absolute atomic E-state index is 0.00120. The first kappa shape index (κ1) is 11.9. The van der Waals surface area contributed by atoms with Gasteiger partial charge in [0.15, 0.2) is 0 Å². The van der Waals surface area contributed by atoms with E-state index in [0.29, 0.717) is 12.1 Å². The average Bonchev–Trinajstić information content (AvgIpc) is 2.82. The van der Waals surface area contributed by atoms with E-state index in [9.17, 15) is 4.79 Å². The van der Waals surface area contributed by atoms with Gasteiger partial charge >= 0.3 is 0 Å². The van der Waals surface area contributed by atoms with Crippen molar-refractivity contribution < 1.29 is 9.21 Å².